The van der Waals surface area contributed by atoms with E-state index in [-0.39, 0.29) is 0 Å². The van der Waals surface area contributed by atoms with Crippen LogP contribution in [0.4, 0.5) is 5.82 Å². The Labute approximate surface area is 127 Å². The van der Waals surface area contributed by atoms with E-state index in [1.54, 1.807) is 18.3 Å². The third-order valence-electron chi connectivity index (χ3n) is 3.36. The lowest BCUT2D eigenvalue weighted by molar-refractivity contribution is -0.605. The van der Waals surface area contributed by atoms with Gasteiger partial charge in [0.05, 0.1) is 0 Å². The van der Waals surface area contributed by atoms with E-state index in [9.17, 15) is 5.21 Å². The molecule has 3 heterocycles. The highest BCUT2D eigenvalue weighted by Gasteiger charge is 2.08. The summed E-state index contributed by atoms with van der Waals surface area (Å²) in [5, 5.41) is 15.0. The Morgan fingerprint density at radius 1 is 1.43 bits per heavy atom. The molecule has 0 aliphatic carbocycles. The van der Waals surface area contributed by atoms with Crippen molar-refractivity contribution in [2.24, 2.45) is 0 Å². The molecule has 21 heavy (non-hydrogen) atoms. The van der Waals surface area contributed by atoms with Crippen molar-refractivity contribution in [3.63, 3.8) is 0 Å². The van der Waals surface area contributed by atoms with Gasteiger partial charge in [0.2, 0.25) is 0 Å². The number of hydrogen-bond donors (Lipinski definition) is 1. The summed E-state index contributed by atoms with van der Waals surface area (Å²) in [5.41, 5.74) is 2.91. The van der Waals surface area contributed by atoms with Crippen molar-refractivity contribution >= 4 is 23.1 Å². The molecule has 0 saturated carbocycles. The number of aryl methyl sites for hydroxylation is 1. The van der Waals surface area contributed by atoms with Crippen molar-refractivity contribution in [1.29, 1.82) is 0 Å². The molecule has 0 aromatic carbocycles. The van der Waals surface area contributed by atoms with Crippen molar-refractivity contribution in [3.8, 4) is 0 Å². The van der Waals surface area contributed by atoms with Gasteiger partial charge in [0.25, 0.3) is 0 Å². The molecule has 0 radical (unpaired) electrons. The fraction of sp³-hybridized carbons (Fsp3) is 0.200. The van der Waals surface area contributed by atoms with Crippen molar-refractivity contribution in [1.82, 2.24) is 9.38 Å². The van der Waals surface area contributed by atoms with E-state index >= 15 is 0 Å². The number of aromatic nitrogens is 3. The maximum Gasteiger partial charge on any atom is 0.185 e. The molecule has 0 saturated heterocycles. The summed E-state index contributed by atoms with van der Waals surface area (Å²) in [6, 6.07) is 7.44. The Hall–Kier alpha value is -2.27. The SMILES string of the molecule is CCc1ccn2c(NCc3ccc[n+]([O-])c3)cc(Cl)nc12. The van der Waals surface area contributed by atoms with Crippen LogP contribution < -0.4 is 10.0 Å². The normalized spacial score (nSPS) is 11.0. The number of pyridine rings is 1. The molecule has 0 spiro atoms. The molecule has 0 fully saturated rings. The monoisotopic (exact) mass is 302 g/mol. The summed E-state index contributed by atoms with van der Waals surface area (Å²) in [4.78, 5) is 4.37. The summed E-state index contributed by atoms with van der Waals surface area (Å²) >= 11 is 6.10. The zero-order valence-corrected chi connectivity index (χ0v) is 12.3. The van der Waals surface area contributed by atoms with Crippen molar-refractivity contribution in [2.75, 3.05) is 5.32 Å². The number of nitrogens with one attached hydrogen (secondary N) is 1. The first-order chi connectivity index (χ1) is 10.2. The molecule has 108 valence electrons. The quantitative estimate of drug-likeness (QED) is 0.458. The van der Waals surface area contributed by atoms with Gasteiger partial charge < -0.3 is 10.5 Å². The molecule has 0 aliphatic rings. The lowest BCUT2D eigenvalue weighted by atomic mass is 10.2. The van der Waals surface area contributed by atoms with E-state index in [1.807, 2.05) is 22.7 Å². The zero-order chi connectivity index (χ0) is 14.8. The van der Waals surface area contributed by atoms with Gasteiger partial charge in [-0.1, -0.05) is 18.5 Å². The maximum atomic E-state index is 11.3. The molecule has 1 N–H and O–H groups in total. The number of halogens is 1. The predicted octanol–water partition coefficient (Wildman–Crippen LogP) is 2.80. The van der Waals surface area contributed by atoms with E-state index in [0.717, 1.165) is 33.7 Å². The minimum absolute atomic E-state index is 0.449. The fourth-order valence-corrected chi connectivity index (χ4v) is 2.49. The van der Waals surface area contributed by atoms with Crippen LogP contribution in [0, 0.1) is 5.21 Å². The van der Waals surface area contributed by atoms with E-state index in [0.29, 0.717) is 11.7 Å². The first-order valence-electron chi connectivity index (χ1n) is 6.75. The summed E-state index contributed by atoms with van der Waals surface area (Å²) in [6.45, 7) is 2.63. The molecular formula is C15H15ClN4O. The van der Waals surface area contributed by atoms with Crippen LogP contribution in [0.15, 0.2) is 42.9 Å². The van der Waals surface area contributed by atoms with E-state index in [2.05, 4.69) is 17.2 Å². The van der Waals surface area contributed by atoms with E-state index < -0.39 is 0 Å². The second-order valence-electron chi connectivity index (χ2n) is 4.78. The highest BCUT2D eigenvalue weighted by molar-refractivity contribution is 6.29. The van der Waals surface area contributed by atoms with E-state index in [1.165, 1.54) is 6.20 Å². The third-order valence-corrected chi connectivity index (χ3v) is 3.55. The number of rotatable bonds is 4. The molecule has 6 heteroatoms. The van der Waals surface area contributed by atoms with Crippen LogP contribution in [-0.4, -0.2) is 9.38 Å². The Morgan fingerprint density at radius 3 is 3.05 bits per heavy atom. The second kappa shape index (κ2) is 5.61. The van der Waals surface area contributed by atoms with Crippen molar-refractivity contribution in [2.45, 2.75) is 19.9 Å². The van der Waals surface area contributed by atoms with Gasteiger partial charge in [-0.3, -0.25) is 4.40 Å². The topological polar surface area (TPSA) is 56.3 Å². The summed E-state index contributed by atoms with van der Waals surface area (Å²) in [5.74, 6) is 0.853. The Balaban J connectivity index is 1.91. The van der Waals surface area contributed by atoms with Crippen LogP contribution in [-0.2, 0) is 13.0 Å². The predicted molar refractivity (Wildman–Crippen MR) is 82.3 cm³/mol. The summed E-state index contributed by atoms with van der Waals surface area (Å²) in [6.07, 6.45) is 5.88. The smallest absolute Gasteiger partial charge is 0.185 e. The fourth-order valence-electron chi connectivity index (χ4n) is 2.31. The first kappa shape index (κ1) is 13.7. The molecule has 0 aliphatic heterocycles. The molecule has 0 bridgehead atoms. The van der Waals surface area contributed by atoms with Crippen molar-refractivity contribution < 1.29 is 4.73 Å². The summed E-state index contributed by atoms with van der Waals surface area (Å²) < 4.78 is 2.76. The van der Waals surface area contributed by atoms with Gasteiger partial charge in [0.1, 0.15) is 16.6 Å². The average Bonchev–Trinajstić information content (AvgIpc) is 2.87. The Kier molecular flexibility index (Phi) is 3.66. The molecule has 3 aromatic heterocycles. The number of hydrogen-bond acceptors (Lipinski definition) is 3. The van der Waals surface area contributed by atoms with Crippen LogP contribution >= 0.6 is 11.6 Å². The molecule has 0 atom stereocenters. The van der Waals surface area contributed by atoms with Gasteiger partial charge >= 0.3 is 0 Å². The Bertz CT molecular complexity index is 784. The maximum absolute atomic E-state index is 11.3. The average molecular weight is 303 g/mol. The van der Waals surface area contributed by atoms with Gasteiger partial charge in [-0.15, -0.1) is 0 Å². The lowest BCUT2D eigenvalue weighted by Crippen LogP contribution is -2.25. The van der Waals surface area contributed by atoms with Gasteiger partial charge in [0, 0.05) is 30.4 Å². The van der Waals surface area contributed by atoms with Crippen LogP contribution in [0.3, 0.4) is 0 Å². The third kappa shape index (κ3) is 2.78. The standard InChI is InChI=1S/C15H15ClN4O/c1-2-12-5-7-20-14(8-13(16)18-15(12)20)17-9-11-4-3-6-19(21)10-11/h3-8,10,17H,2,9H2,1H3. The summed E-state index contributed by atoms with van der Waals surface area (Å²) in [7, 11) is 0. The van der Waals surface area contributed by atoms with E-state index in [4.69, 9.17) is 11.6 Å². The van der Waals surface area contributed by atoms with Crippen LogP contribution in [0.25, 0.3) is 5.65 Å². The van der Waals surface area contributed by atoms with Gasteiger partial charge in [0.15, 0.2) is 12.4 Å². The largest absolute Gasteiger partial charge is 0.619 e. The molecule has 0 amide bonds. The van der Waals surface area contributed by atoms with Crippen LogP contribution in [0.5, 0.6) is 0 Å². The second-order valence-corrected chi connectivity index (χ2v) is 5.17. The van der Waals surface area contributed by atoms with Gasteiger partial charge in [-0.05, 0) is 24.1 Å². The van der Waals surface area contributed by atoms with Crippen LogP contribution in [0.1, 0.15) is 18.1 Å². The van der Waals surface area contributed by atoms with Crippen molar-refractivity contribution in [3.05, 3.63) is 64.3 Å². The molecule has 0 unspecified atom stereocenters. The molecular weight excluding hydrogens is 288 g/mol. The van der Waals surface area contributed by atoms with Gasteiger partial charge in [-0.25, -0.2) is 4.98 Å². The Morgan fingerprint density at radius 2 is 2.29 bits per heavy atom. The van der Waals surface area contributed by atoms with Gasteiger partial charge in [-0.2, -0.15) is 4.73 Å². The minimum atomic E-state index is 0.449. The molecule has 5 nitrogen and oxygen atoms in total. The lowest BCUT2D eigenvalue weighted by Gasteiger charge is -2.10. The molecule has 3 rings (SSSR count). The van der Waals surface area contributed by atoms with Crippen LogP contribution in [0.2, 0.25) is 5.15 Å². The highest BCUT2D eigenvalue weighted by Crippen LogP contribution is 2.21. The molecule has 3 aromatic rings. The first-order valence-corrected chi connectivity index (χ1v) is 7.13. The number of fused-ring (bicyclic) bond motifs is 1. The number of anilines is 1. The minimum Gasteiger partial charge on any atom is -0.619 e. The number of nitrogens with zero attached hydrogens (tertiary/aromatic N) is 3. The zero-order valence-electron chi connectivity index (χ0n) is 11.6. The highest BCUT2D eigenvalue weighted by atomic mass is 35.5.